The molecule has 5 rings (SSSR count). The zero-order valence-corrected chi connectivity index (χ0v) is 21.2. The van der Waals surface area contributed by atoms with E-state index in [1.165, 1.54) is 12.1 Å². The minimum absolute atomic E-state index is 0.00326. The van der Waals surface area contributed by atoms with E-state index in [1.807, 2.05) is 41.3 Å². The highest BCUT2D eigenvalue weighted by Gasteiger charge is 2.50. The average Bonchev–Trinajstić information content (AvgIpc) is 3.24. The number of amides is 2. The van der Waals surface area contributed by atoms with Gasteiger partial charge in [-0.15, -0.1) is 0 Å². The molecule has 0 bridgehead atoms. The number of halogens is 4. The number of piperidine rings is 1. The van der Waals surface area contributed by atoms with Gasteiger partial charge in [-0.3, -0.25) is 14.6 Å². The van der Waals surface area contributed by atoms with E-state index in [4.69, 9.17) is 9.90 Å². The molecule has 9 nitrogen and oxygen atoms in total. The Balaban J connectivity index is 0.000000470. The van der Waals surface area contributed by atoms with Crippen molar-refractivity contribution in [2.75, 3.05) is 37.7 Å². The third kappa shape index (κ3) is 6.47. The van der Waals surface area contributed by atoms with Crippen LogP contribution in [0.15, 0.2) is 60.8 Å². The summed E-state index contributed by atoms with van der Waals surface area (Å²) >= 11 is 0. The van der Waals surface area contributed by atoms with Gasteiger partial charge in [-0.05, 0) is 43.2 Å². The molecule has 2 amide bonds. The number of para-hydroxylation sites is 1. The second-order valence-electron chi connectivity index (χ2n) is 9.42. The van der Waals surface area contributed by atoms with Crippen LogP contribution in [0.25, 0.3) is 10.9 Å². The van der Waals surface area contributed by atoms with E-state index < -0.39 is 17.7 Å². The monoisotopic (exact) mass is 561 g/mol. The highest BCUT2D eigenvalue weighted by Crippen LogP contribution is 2.36. The smallest absolute Gasteiger partial charge is 0.475 e. The number of fused-ring (bicyclic) bond motifs is 1. The molecule has 13 heteroatoms. The van der Waals surface area contributed by atoms with Gasteiger partial charge in [0.2, 0.25) is 5.91 Å². The van der Waals surface area contributed by atoms with Crippen LogP contribution < -0.4 is 15.5 Å². The molecule has 1 spiro atoms. The number of carbonyl (C=O) groups excluding carboxylic acids is 2. The molecule has 40 heavy (non-hydrogen) atoms. The molecule has 3 heterocycles. The van der Waals surface area contributed by atoms with Gasteiger partial charge >= 0.3 is 12.1 Å². The lowest BCUT2D eigenvalue weighted by molar-refractivity contribution is -0.192. The van der Waals surface area contributed by atoms with Gasteiger partial charge in [0.15, 0.2) is 0 Å². The Morgan fingerprint density at radius 2 is 1.77 bits per heavy atom. The van der Waals surface area contributed by atoms with E-state index in [2.05, 4.69) is 20.5 Å². The Hall–Kier alpha value is -4.26. The topological polar surface area (TPSA) is 115 Å². The number of aliphatic carboxylic acids is 1. The summed E-state index contributed by atoms with van der Waals surface area (Å²) in [6, 6.07) is 16.0. The number of hydrogen-bond acceptors (Lipinski definition) is 6. The maximum absolute atomic E-state index is 13.8. The number of nitrogens with one attached hydrogen (secondary N) is 2. The number of benzene rings is 2. The summed E-state index contributed by atoms with van der Waals surface area (Å²) in [5.41, 5.74) is 1.47. The first-order valence-corrected chi connectivity index (χ1v) is 12.5. The fourth-order valence-corrected chi connectivity index (χ4v) is 4.84. The summed E-state index contributed by atoms with van der Waals surface area (Å²) in [6.07, 6.45) is -2.18. The zero-order chi connectivity index (χ0) is 28.9. The largest absolute Gasteiger partial charge is 0.490 e. The molecule has 212 valence electrons. The van der Waals surface area contributed by atoms with Crippen LogP contribution in [-0.2, 0) is 9.59 Å². The summed E-state index contributed by atoms with van der Waals surface area (Å²) in [7, 11) is 0. The first-order chi connectivity index (χ1) is 19.0. The quantitative estimate of drug-likeness (QED) is 0.410. The third-order valence-electron chi connectivity index (χ3n) is 6.95. The molecule has 2 aliphatic rings. The minimum Gasteiger partial charge on any atom is -0.475 e. The van der Waals surface area contributed by atoms with Crippen LogP contribution in [0.3, 0.4) is 0 Å². The van der Waals surface area contributed by atoms with E-state index in [1.54, 1.807) is 12.3 Å². The molecular weight excluding hydrogens is 534 g/mol. The lowest BCUT2D eigenvalue weighted by atomic mass is 9.85. The number of carbonyl (C=O) groups is 3. The van der Waals surface area contributed by atoms with Gasteiger partial charge < -0.3 is 25.5 Å². The molecule has 2 fully saturated rings. The van der Waals surface area contributed by atoms with Crippen LogP contribution in [-0.4, -0.2) is 77.3 Å². The summed E-state index contributed by atoms with van der Waals surface area (Å²) < 4.78 is 45.5. The average molecular weight is 562 g/mol. The number of nitrogens with zero attached hydrogens (tertiary/aromatic N) is 3. The summed E-state index contributed by atoms with van der Waals surface area (Å²) in [4.78, 5) is 42.8. The number of hydrogen-bond donors (Lipinski definition) is 3. The van der Waals surface area contributed by atoms with Crippen molar-refractivity contribution in [1.82, 2.24) is 20.5 Å². The van der Waals surface area contributed by atoms with Crippen LogP contribution in [0, 0.1) is 5.82 Å². The molecule has 0 unspecified atom stereocenters. The van der Waals surface area contributed by atoms with Crippen LogP contribution in [0.4, 0.5) is 23.2 Å². The fourth-order valence-electron chi connectivity index (χ4n) is 4.84. The number of anilines is 1. The van der Waals surface area contributed by atoms with Gasteiger partial charge in [-0.25, -0.2) is 9.18 Å². The lowest BCUT2D eigenvalue weighted by Gasteiger charge is -2.43. The van der Waals surface area contributed by atoms with Gasteiger partial charge in [0.25, 0.3) is 5.91 Å². The predicted octanol–water partition coefficient (Wildman–Crippen LogP) is 3.17. The summed E-state index contributed by atoms with van der Waals surface area (Å²) in [5, 5.41) is 14.0. The number of likely N-dealkylation sites (tertiary alicyclic amines) is 1. The van der Waals surface area contributed by atoms with Gasteiger partial charge in [0.1, 0.15) is 11.4 Å². The Morgan fingerprint density at radius 3 is 2.45 bits per heavy atom. The van der Waals surface area contributed by atoms with E-state index in [9.17, 15) is 27.2 Å². The van der Waals surface area contributed by atoms with Gasteiger partial charge in [-0.1, -0.05) is 24.3 Å². The number of aromatic nitrogens is 1. The van der Waals surface area contributed by atoms with Crippen molar-refractivity contribution in [3.63, 3.8) is 0 Å². The number of alkyl halides is 3. The minimum atomic E-state index is -5.08. The second kappa shape index (κ2) is 11.9. The summed E-state index contributed by atoms with van der Waals surface area (Å²) in [5.74, 6) is -3.21. The standard InChI is InChI=1S/C25H26FN5O2.C2HF3O2/c26-20-5-3-6-21(15-20)31-17-29-24(33)25(31)8-11-30(12-9-25)13-10-27-23(32)19-14-18-4-1-2-7-22(18)28-16-19;3-2(4,5)1(6)7/h1-7,14-16H,8-13,17H2,(H,27,32)(H,29,33);(H,6,7). The van der Waals surface area contributed by atoms with Gasteiger partial charge in [-0.2, -0.15) is 13.2 Å². The van der Waals surface area contributed by atoms with Crippen molar-refractivity contribution in [3.05, 3.63) is 72.2 Å². The predicted molar refractivity (Wildman–Crippen MR) is 138 cm³/mol. The van der Waals surface area contributed by atoms with Crippen LogP contribution in [0.1, 0.15) is 23.2 Å². The van der Waals surface area contributed by atoms with E-state index in [-0.39, 0.29) is 17.6 Å². The molecule has 3 N–H and O–H groups in total. The van der Waals surface area contributed by atoms with Crippen molar-refractivity contribution in [3.8, 4) is 0 Å². The Morgan fingerprint density at radius 1 is 1.07 bits per heavy atom. The molecule has 0 radical (unpaired) electrons. The lowest BCUT2D eigenvalue weighted by Crippen LogP contribution is -2.57. The molecule has 1 aromatic heterocycles. The highest BCUT2D eigenvalue weighted by molar-refractivity contribution is 5.97. The molecule has 0 atom stereocenters. The van der Waals surface area contributed by atoms with Crippen molar-refractivity contribution in [2.45, 2.75) is 24.6 Å². The molecule has 2 aromatic carbocycles. The number of rotatable bonds is 5. The normalized spacial score (nSPS) is 16.8. The zero-order valence-electron chi connectivity index (χ0n) is 21.2. The Kier molecular flexibility index (Phi) is 8.52. The molecule has 3 aromatic rings. The van der Waals surface area contributed by atoms with Crippen molar-refractivity contribution in [1.29, 1.82) is 0 Å². The van der Waals surface area contributed by atoms with E-state index >= 15 is 0 Å². The number of carboxylic acids is 1. The molecule has 0 aliphatic carbocycles. The molecule has 2 aliphatic heterocycles. The first kappa shape index (κ1) is 28.7. The van der Waals surface area contributed by atoms with Crippen LogP contribution >= 0.6 is 0 Å². The first-order valence-electron chi connectivity index (χ1n) is 12.5. The number of carboxylic acid groups (broad SMARTS) is 1. The third-order valence-corrected chi connectivity index (χ3v) is 6.95. The van der Waals surface area contributed by atoms with Crippen LogP contribution in [0.2, 0.25) is 0 Å². The number of pyridine rings is 1. The maximum Gasteiger partial charge on any atom is 0.490 e. The van der Waals surface area contributed by atoms with Gasteiger partial charge in [0.05, 0.1) is 17.7 Å². The maximum atomic E-state index is 13.8. The van der Waals surface area contributed by atoms with E-state index in [0.29, 0.717) is 38.2 Å². The van der Waals surface area contributed by atoms with Crippen molar-refractivity contribution >= 4 is 34.4 Å². The Labute approximate surface area is 226 Å². The Bertz CT molecular complexity index is 1390. The fraction of sp³-hybridized carbons (Fsp3) is 0.333. The van der Waals surface area contributed by atoms with Crippen molar-refractivity contribution < 1.29 is 37.1 Å². The summed E-state index contributed by atoms with van der Waals surface area (Å²) in [6.45, 7) is 3.06. The molecule has 0 saturated carbocycles. The van der Waals surface area contributed by atoms with Crippen molar-refractivity contribution in [2.24, 2.45) is 0 Å². The molecular formula is C27H27F4N5O4. The van der Waals surface area contributed by atoms with Gasteiger partial charge in [0, 0.05) is 43.4 Å². The second-order valence-corrected chi connectivity index (χ2v) is 9.42. The molecule has 2 saturated heterocycles. The van der Waals surface area contributed by atoms with E-state index in [0.717, 1.165) is 29.7 Å². The highest BCUT2D eigenvalue weighted by atomic mass is 19.4. The SMILES string of the molecule is O=C(NCCN1CCC2(CC1)C(=O)NCN2c1cccc(F)c1)c1cnc2ccccc2c1.O=C(O)C(F)(F)F. The van der Waals surface area contributed by atoms with Crippen LogP contribution in [0.5, 0.6) is 0 Å².